The van der Waals surface area contributed by atoms with Gasteiger partial charge in [0, 0.05) is 41.5 Å². The number of halogens is 2. The Morgan fingerprint density at radius 1 is 0.571 bits per heavy atom. The van der Waals surface area contributed by atoms with Gasteiger partial charge in [0.05, 0.1) is 0 Å². The fourth-order valence-corrected chi connectivity index (χ4v) is 4.56. The molecule has 0 aliphatic carbocycles. The first-order chi connectivity index (χ1) is 10.3. The van der Waals surface area contributed by atoms with E-state index in [0.717, 1.165) is 8.95 Å². The molecule has 3 heteroatoms. The van der Waals surface area contributed by atoms with E-state index >= 15 is 0 Å². The van der Waals surface area contributed by atoms with Gasteiger partial charge in [-0.3, -0.25) is 0 Å². The van der Waals surface area contributed by atoms with Gasteiger partial charge in [0.15, 0.2) is 0 Å². The third-order valence-corrected chi connectivity index (χ3v) is 5.62. The van der Waals surface area contributed by atoms with Crippen molar-refractivity contribution in [1.82, 2.24) is 4.98 Å². The molecule has 21 heavy (non-hydrogen) atoms. The predicted octanol–water partition coefficient (Wildman–Crippen LogP) is 6.59. The first-order valence-corrected chi connectivity index (χ1v) is 8.36. The minimum Gasteiger partial charge on any atom is -0.354 e. The second-order valence-electron chi connectivity index (χ2n) is 5.36. The van der Waals surface area contributed by atoms with Gasteiger partial charge >= 0.3 is 0 Å². The number of H-pyrrole nitrogens is 1. The Bertz CT molecular complexity index is 1060. The molecule has 1 nitrogen and oxygen atoms in total. The number of fused-ring (bicyclic) bond motifs is 3. The summed E-state index contributed by atoms with van der Waals surface area (Å²) in [5.74, 6) is 0. The number of benzene rings is 4. The van der Waals surface area contributed by atoms with Crippen LogP contribution in [-0.4, -0.2) is 4.98 Å². The summed E-state index contributed by atoms with van der Waals surface area (Å²) in [6, 6.07) is 17.2. The van der Waals surface area contributed by atoms with Crippen LogP contribution in [0.5, 0.6) is 0 Å². The molecule has 0 spiro atoms. The standard InChI is InChI=1S/C18H9Br2N/c19-11-5-7-13-17-15(11)9-3-1-2-4-10(9)16-12(20)6-8-14(21-13)18(16)17/h1-8,21H. The predicted molar refractivity (Wildman–Crippen MR) is 97.4 cm³/mol. The van der Waals surface area contributed by atoms with Gasteiger partial charge in [-0.2, -0.15) is 0 Å². The maximum Gasteiger partial charge on any atom is 0.0472 e. The van der Waals surface area contributed by atoms with E-state index in [2.05, 4.69) is 85.4 Å². The molecule has 1 heterocycles. The number of rotatable bonds is 0. The first kappa shape index (κ1) is 12.0. The summed E-state index contributed by atoms with van der Waals surface area (Å²) in [5, 5.41) is 7.79. The Labute approximate surface area is 137 Å². The zero-order chi connectivity index (χ0) is 14.1. The number of hydrogen-bond acceptors (Lipinski definition) is 0. The fourth-order valence-electron chi connectivity index (χ4n) is 3.47. The van der Waals surface area contributed by atoms with Crippen LogP contribution in [-0.2, 0) is 0 Å². The van der Waals surface area contributed by atoms with Crippen molar-refractivity contribution in [2.75, 3.05) is 0 Å². The van der Waals surface area contributed by atoms with Crippen molar-refractivity contribution in [3.8, 4) is 0 Å². The molecular formula is C18H9Br2N. The molecule has 0 aliphatic heterocycles. The van der Waals surface area contributed by atoms with Crippen LogP contribution in [0, 0.1) is 0 Å². The topological polar surface area (TPSA) is 15.8 Å². The van der Waals surface area contributed by atoms with Crippen molar-refractivity contribution in [2.24, 2.45) is 0 Å². The lowest BCUT2D eigenvalue weighted by Crippen LogP contribution is -1.84. The molecule has 0 amide bonds. The average molecular weight is 399 g/mol. The number of nitrogens with one attached hydrogen (secondary N) is 1. The van der Waals surface area contributed by atoms with Gasteiger partial charge in [0.1, 0.15) is 0 Å². The third kappa shape index (κ3) is 1.41. The molecule has 0 radical (unpaired) electrons. The van der Waals surface area contributed by atoms with E-state index in [4.69, 9.17) is 0 Å². The lowest BCUT2D eigenvalue weighted by molar-refractivity contribution is 1.55. The van der Waals surface area contributed by atoms with Crippen molar-refractivity contribution < 1.29 is 0 Å². The molecule has 4 aromatic carbocycles. The van der Waals surface area contributed by atoms with Crippen LogP contribution in [0.2, 0.25) is 0 Å². The van der Waals surface area contributed by atoms with Gasteiger partial charge in [-0.15, -0.1) is 0 Å². The number of aromatic nitrogens is 1. The van der Waals surface area contributed by atoms with Gasteiger partial charge in [-0.1, -0.05) is 56.1 Å². The highest BCUT2D eigenvalue weighted by atomic mass is 79.9. The maximum atomic E-state index is 3.74. The van der Waals surface area contributed by atoms with Crippen LogP contribution < -0.4 is 0 Å². The first-order valence-electron chi connectivity index (χ1n) is 6.78. The van der Waals surface area contributed by atoms with E-state index in [-0.39, 0.29) is 0 Å². The monoisotopic (exact) mass is 397 g/mol. The fraction of sp³-hybridized carbons (Fsp3) is 0. The SMILES string of the molecule is Brc1ccc2[nH]c3ccc(Br)c4c5ccccc5c1c2c34. The van der Waals surface area contributed by atoms with Crippen LogP contribution in [0.25, 0.3) is 43.4 Å². The molecule has 5 rings (SSSR count). The highest BCUT2D eigenvalue weighted by Gasteiger charge is 2.18. The zero-order valence-corrected chi connectivity index (χ0v) is 14.0. The Morgan fingerprint density at radius 3 is 1.52 bits per heavy atom. The third-order valence-electron chi connectivity index (χ3n) is 4.29. The molecule has 0 unspecified atom stereocenters. The van der Waals surface area contributed by atoms with Crippen molar-refractivity contribution in [1.29, 1.82) is 0 Å². The summed E-state index contributed by atoms with van der Waals surface area (Å²) in [7, 11) is 0. The normalized spacial score (nSPS) is 12.3. The Morgan fingerprint density at radius 2 is 1.05 bits per heavy atom. The van der Waals surface area contributed by atoms with Crippen LogP contribution in [0.4, 0.5) is 0 Å². The Kier molecular flexibility index (Phi) is 2.28. The Balaban J connectivity index is 2.35. The molecule has 5 aromatic rings. The molecule has 0 bridgehead atoms. The van der Waals surface area contributed by atoms with Crippen molar-refractivity contribution in [3.63, 3.8) is 0 Å². The van der Waals surface area contributed by atoms with Crippen LogP contribution in [0.3, 0.4) is 0 Å². The van der Waals surface area contributed by atoms with E-state index in [1.165, 1.54) is 43.4 Å². The molecule has 0 fully saturated rings. The van der Waals surface area contributed by atoms with Crippen LogP contribution in [0.1, 0.15) is 0 Å². The van der Waals surface area contributed by atoms with Gasteiger partial charge in [0.25, 0.3) is 0 Å². The quantitative estimate of drug-likeness (QED) is 0.283. The highest BCUT2D eigenvalue weighted by Crippen LogP contribution is 2.45. The molecule has 0 aliphatic rings. The second-order valence-corrected chi connectivity index (χ2v) is 7.07. The molecular weight excluding hydrogens is 390 g/mol. The average Bonchev–Trinajstić information content (AvgIpc) is 2.87. The molecule has 0 saturated carbocycles. The van der Waals surface area contributed by atoms with Gasteiger partial charge in [-0.25, -0.2) is 0 Å². The molecule has 1 aromatic heterocycles. The van der Waals surface area contributed by atoms with E-state index < -0.39 is 0 Å². The van der Waals surface area contributed by atoms with Gasteiger partial charge < -0.3 is 4.98 Å². The minimum atomic E-state index is 1.15. The summed E-state index contributed by atoms with van der Waals surface area (Å²) in [6.45, 7) is 0. The highest BCUT2D eigenvalue weighted by molar-refractivity contribution is 9.11. The largest absolute Gasteiger partial charge is 0.354 e. The van der Waals surface area contributed by atoms with Crippen molar-refractivity contribution in [2.45, 2.75) is 0 Å². The summed E-state index contributed by atoms with van der Waals surface area (Å²) in [6.07, 6.45) is 0. The van der Waals surface area contributed by atoms with E-state index in [9.17, 15) is 0 Å². The van der Waals surface area contributed by atoms with E-state index in [0.29, 0.717) is 0 Å². The van der Waals surface area contributed by atoms with Crippen LogP contribution >= 0.6 is 31.9 Å². The number of hydrogen-bond donors (Lipinski definition) is 1. The lowest BCUT2D eigenvalue weighted by atomic mass is 9.94. The summed E-state index contributed by atoms with van der Waals surface area (Å²) >= 11 is 7.48. The molecule has 1 N–H and O–H groups in total. The minimum absolute atomic E-state index is 1.15. The van der Waals surface area contributed by atoms with Crippen molar-refractivity contribution in [3.05, 3.63) is 57.5 Å². The smallest absolute Gasteiger partial charge is 0.0472 e. The van der Waals surface area contributed by atoms with Gasteiger partial charge in [0.2, 0.25) is 0 Å². The van der Waals surface area contributed by atoms with Crippen LogP contribution in [0.15, 0.2) is 57.5 Å². The maximum absolute atomic E-state index is 3.74. The van der Waals surface area contributed by atoms with E-state index in [1.54, 1.807) is 0 Å². The van der Waals surface area contributed by atoms with E-state index in [1.807, 2.05) is 0 Å². The second kappa shape index (κ2) is 3.99. The van der Waals surface area contributed by atoms with Crippen molar-refractivity contribution >= 4 is 75.2 Å². The summed E-state index contributed by atoms with van der Waals surface area (Å²) in [5.41, 5.74) is 2.38. The number of aromatic amines is 1. The lowest BCUT2D eigenvalue weighted by Gasteiger charge is -2.11. The summed E-state index contributed by atoms with van der Waals surface area (Å²) in [4.78, 5) is 3.55. The summed E-state index contributed by atoms with van der Waals surface area (Å²) < 4.78 is 2.29. The Hall–Kier alpha value is -1.58. The van der Waals surface area contributed by atoms with Gasteiger partial charge in [-0.05, 0) is 35.0 Å². The zero-order valence-electron chi connectivity index (χ0n) is 10.9. The molecule has 0 atom stereocenters. The molecule has 100 valence electrons. The molecule has 0 saturated heterocycles.